The van der Waals surface area contributed by atoms with Gasteiger partial charge in [-0.05, 0) is 36.2 Å². The van der Waals surface area contributed by atoms with E-state index in [0.717, 1.165) is 27.9 Å². The molecule has 5 aromatic rings. The summed E-state index contributed by atoms with van der Waals surface area (Å²) in [7, 11) is 0. The lowest BCUT2D eigenvalue weighted by atomic mass is 10.1. The maximum absolute atomic E-state index is 13.4. The zero-order chi connectivity index (χ0) is 27.9. The van der Waals surface area contributed by atoms with Crippen molar-refractivity contribution in [2.75, 3.05) is 0 Å². The molecule has 198 valence electrons. The molecule has 4 heterocycles. The number of pyridine rings is 2. The van der Waals surface area contributed by atoms with Gasteiger partial charge in [0.2, 0.25) is 5.65 Å². The number of nitrogens with one attached hydrogen (secondary N) is 1. The van der Waals surface area contributed by atoms with E-state index in [1.54, 1.807) is 31.2 Å². The molecule has 13 heteroatoms. The number of hydrogen-bond acceptors (Lipinski definition) is 6. The van der Waals surface area contributed by atoms with Gasteiger partial charge in [0.25, 0.3) is 0 Å². The largest absolute Gasteiger partial charge is 0.451 e. The number of alkyl halides is 3. The second kappa shape index (κ2) is 12.3. The van der Waals surface area contributed by atoms with Crippen molar-refractivity contribution in [3.8, 4) is 22.6 Å². The Balaban J connectivity index is 0.000000259. The lowest BCUT2D eigenvalue weighted by Crippen LogP contribution is -2.12. The highest BCUT2D eigenvalue weighted by Gasteiger charge is 2.31. The van der Waals surface area contributed by atoms with E-state index in [9.17, 15) is 22.4 Å². The van der Waals surface area contributed by atoms with Gasteiger partial charge in [-0.3, -0.25) is 9.97 Å². The van der Waals surface area contributed by atoms with Crippen LogP contribution >= 0.6 is 11.6 Å². The molecule has 8 nitrogen and oxygen atoms in total. The predicted octanol–water partition coefficient (Wildman–Crippen LogP) is 6.50. The minimum Gasteiger partial charge on any atom is -0.451 e. The molecule has 38 heavy (non-hydrogen) atoms. The van der Waals surface area contributed by atoms with Gasteiger partial charge >= 0.3 is 11.9 Å². The van der Waals surface area contributed by atoms with Crippen molar-refractivity contribution in [1.82, 2.24) is 29.8 Å². The highest BCUT2D eigenvalue weighted by Crippen LogP contribution is 2.35. The molecule has 1 N–H and O–H groups in total. The SMILES string of the molecule is CC.Cc1ccc(C(F)(F)F)nc1.O=c1[nH]nc2c(Oc3cncc(F)c3)c(-c3ccc(Cl)cc3)cnn12. The van der Waals surface area contributed by atoms with E-state index in [0.29, 0.717) is 10.6 Å². The van der Waals surface area contributed by atoms with Crippen LogP contribution in [0.2, 0.25) is 5.02 Å². The van der Waals surface area contributed by atoms with Gasteiger partial charge in [-0.1, -0.05) is 43.6 Å². The number of aromatic nitrogens is 6. The van der Waals surface area contributed by atoms with E-state index in [1.165, 1.54) is 30.7 Å². The van der Waals surface area contributed by atoms with E-state index in [-0.39, 0.29) is 17.1 Å². The van der Waals surface area contributed by atoms with Gasteiger partial charge in [-0.25, -0.2) is 14.3 Å². The first-order valence-electron chi connectivity index (χ1n) is 11.1. The maximum Gasteiger partial charge on any atom is 0.433 e. The van der Waals surface area contributed by atoms with Crippen LogP contribution < -0.4 is 10.4 Å². The van der Waals surface area contributed by atoms with E-state index in [2.05, 4.69) is 25.3 Å². The second-order valence-corrected chi connectivity index (χ2v) is 7.75. The van der Waals surface area contributed by atoms with Crippen molar-refractivity contribution in [2.45, 2.75) is 26.9 Å². The topological polar surface area (TPSA) is 98.1 Å². The van der Waals surface area contributed by atoms with Crippen LogP contribution in [0, 0.1) is 12.7 Å². The van der Waals surface area contributed by atoms with Gasteiger partial charge in [0, 0.05) is 22.8 Å². The van der Waals surface area contributed by atoms with E-state index in [4.69, 9.17) is 16.3 Å². The Morgan fingerprint density at radius 3 is 2.32 bits per heavy atom. The molecule has 4 aromatic heterocycles. The first-order valence-corrected chi connectivity index (χ1v) is 11.5. The van der Waals surface area contributed by atoms with E-state index >= 15 is 0 Å². The fourth-order valence-corrected chi connectivity index (χ4v) is 3.10. The molecule has 0 radical (unpaired) electrons. The summed E-state index contributed by atoms with van der Waals surface area (Å²) < 4.78 is 55.8. The summed E-state index contributed by atoms with van der Waals surface area (Å²) in [5, 5.41) is 10.9. The molecule has 0 spiro atoms. The van der Waals surface area contributed by atoms with Crippen LogP contribution in [-0.2, 0) is 6.18 Å². The molecular weight excluding hydrogens is 528 g/mol. The predicted molar refractivity (Wildman–Crippen MR) is 134 cm³/mol. The minimum absolute atomic E-state index is 0.166. The first kappa shape index (κ1) is 28.3. The number of nitrogens with zero attached hydrogens (tertiary/aromatic N) is 5. The molecule has 0 fully saturated rings. The van der Waals surface area contributed by atoms with Crippen LogP contribution in [0.4, 0.5) is 17.6 Å². The van der Waals surface area contributed by atoms with Crippen LogP contribution in [0.3, 0.4) is 0 Å². The van der Waals surface area contributed by atoms with Crippen LogP contribution in [0.1, 0.15) is 25.1 Å². The normalized spacial score (nSPS) is 10.7. The van der Waals surface area contributed by atoms with Gasteiger partial charge in [-0.2, -0.15) is 22.8 Å². The molecule has 0 saturated heterocycles. The van der Waals surface area contributed by atoms with Crippen molar-refractivity contribution < 1.29 is 22.3 Å². The van der Waals surface area contributed by atoms with Crippen molar-refractivity contribution >= 4 is 17.2 Å². The standard InChI is InChI=1S/C16H9ClFN5O2.C7H6F3N.C2H6/c17-10-3-1-9(2-4-10)13-8-20-23-15(21-22-16(23)24)14(13)25-12-5-11(18)6-19-7-12;1-5-2-3-6(11-4-5)7(8,9)10;1-2/h1-8H,(H,22,24);2-4H,1H3;1-2H3. The highest BCUT2D eigenvalue weighted by molar-refractivity contribution is 6.30. The summed E-state index contributed by atoms with van der Waals surface area (Å²) in [5.74, 6) is -0.142. The Kier molecular flexibility index (Phi) is 9.13. The summed E-state index contributed by atoms with van der Waals surface area (Å²) in [5.41, 5.74) is 0.837. The number of aromatic amines is 1. The number of H-pyrrole nitrogens is 1. The third kappa shape index (κ3) is 6.91. The number of halogens is 5. The third-order valence-electron chi connectivity index (χ3n) is 4.66. The number of hydrogen-bond donors (Lipinski definition) is 1. The number of benzene rings is 1. The van der Waals surface area contributed by atoms with Gasteiger partial charge in [0.05, 0.1) is 18.6 Å². The fourth-order valence-electron chi connectivity index (χ4n) is 2.98. The summed E-state index contributed by atoms with van der Waals surface area (Å²) in [6.07, 6.45) is 0.760. The van der Waals surface area contributed by atoms with Crippen molar-refractivity contribution in [2.24, 2.45) is 0 Å². The Morgan fingerprint density at radius 2 is 1.71 bits per heavy atom. The molecule has 5 rings (SSSR count). The minimum atomic E-state index is -4.33. The number of rotatable bonds is 3. The highest BCUT2D eigenvalue weighted by atomic mass is 35.5. The van der Waals surface area contributed by atoms with Crippen molar-refractivity contribution in [1.29, 1.82) is 0 Å². The first-order chi connectivity index (χ1) is 18.1. The molecule has 0 saturated carbocycles. The number of ether oxygens (including phenoxy) is 1. The quantitative estimate of drug-likeness (QED) is 0.258. The van der Waals surface area contributed by atoms with Crippen LogP contribution in [-0.4, -0.2) is 29.8 Å². The maximum atomic E-state index is 13.4. The fraction of sp³-hybridized carbons (Fsp3) is 0.160. The van der Waals surface area contributed by atoms with Crippen LogP contribution in [0.25, 0.3) is 16.8 Å². The van der Waals surface area contributed by atoms with Gasteiger partial charge < -0.3 is 4.74 Å². The zero-order valence-corrected chi connectivity index (χ0v) is 21.0. The number of fused-ring (bicyclic) bond motifs is 1. The molecule has 0 amide bonds. The monoisotopic (exact) mass is 548 g/mol. The summed E-state index contributed by atoms with van der Waals surface area (Å²) in [6.45, 7) is 5.69. The molecule has 1 aromatic carbocycles. The lowest BCUT2D eigenvalue weighted by Gasteiger charge is -2.11. The number of aryl methyl sites for hydroxylation is 1. The third-order valence-corrected chi connectivity index (χ3v) is 4.91. The Morgan fingerprint density at radius 1 is 1.00 bits per heavy atom. The van der Waals surface area contributed by atoms with Crippen molar-refractivity contribution in [3.05, 3.63) is 99.8 Å². The van der Waals surface area contributed by atoms with E-state index in [1.807, 2.05) is 13.8 Å². The van der Waals surface area contributed by atoms with Crippen molar-refractivity contribution in [3.63, 3.8) is 0 Å². The van der Waals surface area contributed by atoms with E-state index < -0.39 is 23.4 Å². The Hall–Kier alpha value is -4.32. The lowest BCUT2D eigenvalue weighted by molar-refractivity contribution is -0.141. The molecule has 0 unspecified atom stereocenters. The smallest absolute Gasteiger partial charge is 0.433 e. The average Bonchev–Trinajstić information content (AvgIpc) is 3.27. The summed E-state index contributed by atoms with van der Waals surface area (Å²) in [6, 6.07) is 10.5. The average molecular weight is 549 g/mol. The molecular formula is C25H21ClF4N6O2. The van der Waals surface area contributed by atoms with Gasteiger partial charge in [0.1, 0.15) is 17.3 Å². The zero-order valence-electron chi connectivity index (χ0n) is 20.3. The summed E-state index contributed by atoms with van der Waals surface area (Å²) in [4.78, 5) is 18.7. The molecule has 0 bridgehead atoms. The molecule has 0 atom stereocenters. The molecule has 0 aliphatic rings. The Labute approximate surface area is 218 Å². The second-order valence-electron chi connectivity index (χ2n) is 7.32. The van der Waals surface area contributed by atoms with Crippen LogP contribution in [0.15, 0.2) is 72.0 Å². The molecule has 0 aliphatic carbocycles. The van der Waals surface area contributed by atoms with Crippen LogP contribution in [0.5, 0.6) is 11.5 Å². The van der Waals surface area contributed by atoms with Gasteiger partial charge in [-0.15, -0.1) is 5.10 Å². The summed E-state index contributed by atoms with van der Waals surface area (Å²) >= 11 is 5.92. The van der Waals surface area contributed by atoms with Gasteiger partial charge in [0.15, 0.2) is 5.75 Å². The Bertz CT molecular complexity index is 1550. The molecule has 0 aliphatic heterocycles.